The van der Waals surface area contributed by atoms with E-state index in [1.54, 1.807) is 12.4 Å². The number of carboxylic acids is 1. The molecule has 0 bridgehead atoms. The number of carbonyl (C=O) groups is 1. The molecule has 2 aromatic heterocycles. The molecule has 2 aromatic carbocycles. The van der Waals surface area contributed by atoms with Crippen LogP contribution in [0.5, 0.6) is 0 Å². The normalized spacial score (nSPS) is 15.0. The molecular weight excluding hydrogens is 459 g/mol. The van der Waals surface area contributed by atoms with Gasteiger partial charge in [0.1, 0.15) is 5.82 Å². The number of anilines is 1. The molecule has 0 unspecified atom stereocenters. The predicted octanol–water partition coefficient (Wildman–Crippen LogP) is 5.40. The lowest BCUT2D eigenvalue weighted by molar-refractivity contribution is -0.138. The number of rotatable bonds is 5. The minimum absolute atomic E-state index is 0.194. The van der Waals surface area contributed by atoms with Gasteiger partial charge in [-0.2, -0.15) is 13.2 Å². The van der Waals surface area contributed by atoms with Crippen LogP contribution in [-0.2, 0) is 11.0 Å². The van der Waals surface area contributed by atoms with Crippen molar-refractivity contribution >= 4 is 23.0 Å². The molecule has 1 saturated heterocycles. The highest BCUT2D eigenvalue weighted by Gasteiger charge is 2.30. The van der Waals surface area contributed by atoms with Crippen molar-refractivity contribution in [1.29, 1.82) is 0 Å². The maximum atomic E-state index is 13.0. The number of hydrogen-bond acceptors (Lipinski definition) is 5. The number of nitrogens with one attached hydrogen (secondary N) is 1. The fourth-order valence-corrected chi connectivity index (χ4v) is 4.36. The second kappa shape index (κ2) is 9.01. The molecule has 3 heterocycles. The van der Waals surface area contributed by atoms with Gasteiger partial charge in [-0.3, -0.25) is 4.79 Å². The Morgan fingerprint density at radius 2 is 1.66 bits per heavy atom. The SMILES string of the molecule is O=C(O)CC1CCN(c2ncc(-c3ccc(-c4nc5cc(C(F)(F)F)ccc5[nH]4)cc3)cn2)CC1. The lowest BCUT2D eigenvalue weighted by atomic mass is 9.94. The Morgan fingerprint density at radius 3 is 2.29 bits per heavy atom. The quantitative estimate of drug-likeness (QED) is 0.397. The van der Waals surface area contributed by atoms with Crippen LogP contribution in [-0.4, -0.2) is 44.1 Å². The summed E-state index contributed by atoms with van der Waals surface area (Å²) in [6.45, 7) is 1.46. The molecule has 180 valence electrons. The fourth-order valence-electron chi connectivity index (χ4n) is 4.36. The van der Waals surface area contributed by atoms with E-state index in [9.17, 15) is 18.0 Å². The van der Waals surface area contributed by atoms with E-state index in [-0.39, 0.29) is 17.9 Å². The van der Waals surface area contributed by atoms with Gasteiger partial charge in [-0.15, -0.1) is 0 Å². The summed E-state index contributed by atoms with van der Waals surface area (Å²) < 4.78 is 38.9. The Hall–Kier alpha value is -3.95. The van der Waals surface area contributed by atoms with E-state index in [0.717, 1.165) is 54.8 Å². The van der Waals surface area contributed by atoms with Gasteiger partial charge in [0.15, 0.2) is 0 Å². The molecular formula is C25H22F3N5O2. The lowest BCUT2D eigenvalue weighted by Gasteiger charge is -2.31. The van der Waals surface area contributed by atoms with Crippen molar-refractivity contribution in [3.63, 3.8) is 0 Å². The van der Waals surface area contributed by atoms with E-state index in [0.29, 0.717) is 17.3 Å². The van der Waals surface area contributed by atoms with Crippen molar-refractivity contribution in [1.82, 2.24) is 19.9 Å². The molecule has 0 saturated carbocycles. The zero-order chi connectivity index (χ0) is 24.6. The van der Waals surface area contributed by atoms with Gasteiger partial charge in [0.2, 0.25) is 5.95 Å². The van der Waals surface area contributed by atoms with Gasteiger partial charge < -0.3 is 15.0 Å². The molecule has 2 N–H and O–H groups in total. The number of imidazole rings is 1. The van der Waals surface area contributed by atoms with Crippen LogP contribution in [0.25, 0.3) is 33.5 Å². The Labute approximate surface area is 198 Å². The number of H-pyrrole nitrogens is 1. The van der Waals surface area contributed by atoms with Gasteiger partial charge in [-0.05, 0) is 42.5 Å². The summed E-state index contributed by atoms with van der Waals surface area (Å²) in [6.07, 6.45) is 0.896. The highest BCUT2D eigenvalue weighted by atomic mass is 19.4. The van der Waals surface area contributed by atoms with Gasteiger partial charge in [0, 0.05) is 43.0 Å². The number of aliphatic carboxylic acids is 1. The second-order valence-electron chi connectivity index (χ2n) is 8.69. The predicted molar refractivity (Wildman–Crippen MR) is 125 cm³/mol. The molecule has 0 aliphatic carbocycles. The number of halogens is 3. The first-order chi connectivity index (χ1) is 16.8. The molecule has 0 amide bonds. The molecule has 35 heavy (non-hydrogen) atoms. The second-order valence-corrected chi connectivity index (χ2v) is 8.69. The molecule has 7 nitrogen and oxygen atoms in total. The van der Waals surface area contributed by atoms with Crippen LogP contribution in [0.2, 0.25) is 0 Å². The van der Waals surface area contributed by atoms with E-state index in [2.05, 4.69) is 24.8 Å². The molecule has 5 rings (SSSR count). The highest BCUT2D eigenvalue weighted by molar-refractivity contribution is 5.80. The Kier molecular flexibility index (Phi) is 5.88. The maximum absolute atomic E-state index is 13.0. The van der Waals surface area contributed by atoms with Crippen LogP contribution in [0.15, 0.2) is 54.9 Å². The Morgan fingerprint density at radius 1 is 1.00 bits per heavy atom. The minimum Gasteiger partial charge on any atom is -0.481 e. The summed E-state index contributed by atoms with van der Waals surface area (Å²) >= 11 is 0. The van der Waals surface area contributed by atoms with Crippen molar-refractivity contribution in [3.05, 3.63) is 60.4 Å². The summed E-state index contributed by atoms with van der Waals surface area (Å²) in [7, 11) is 0. The summed E-state index contributed by atoms with van der Waals surface area (Å²) in [5.74, 6) is 0.550. The first-order valence-electron chi connectivity index (χ1n) is 11.2. The van der Waals surface area contributed by atoms with Crippen LogP contribution in [0.4, 0.5) is 19.1 Å². The van der Waals surface area contributed by atoms with Crippen LogP contribution in [0, 0.1) is 5.92 Å². The number of carboxylic acid groups (broad SMARTS) is 1. The summed E-state index contributed by atoms with van der Waals surface area (Å²) in [6, 6.07) is 10.9. The average Bonchev–Trinajstić information content (AvgIpc) is 3.28. The topological polar surface area (TPSA) is 95.0 Å². The number of nitrogens with zero attached hydrogens (tertiary/aromatic N) is 4. The van der Waals surface area contributed by atoms with Crippen molar-refractivity contribution in [2.24, 2.45) is 5.92 Å². The van der Waals surface area contributed by atoms with Crippen molar-refractivity contribution in [2.45, 2.75) is 25.4 Å². The highest BCUT2D eigenvalue weighted by Crippen LogP contribution is 2.32. The number of aromatic nitrogens is 4. The molecule has 4 aromatic rings. The van der Waals surface area contributed by atoms with Gasteiger partial charge in [0.05, 0.1) is 16.6 Å². The minimum atomic E-state index is -4.41. The molecule has 1 aliphatic heterocycles. The Balaban J connectivity index is 1.28. The molecule has 1 aliphatic rings. The Bertz CT molecular complexity index is 1340. The molecule has 1 fully saturated rings. The van der Waals surface area contributed by atoms with E-state index < -0.39 is 17.7 Å². The molecule has 0 spiro atoms. The number of alkyl halides is 3. The first-order valence-corrected chi connectivity index (χ1v) is 11.2. The molecule has 0 radical (unpaired) electrons. The molecule has 10 heteroatoms. The van der Waals surface area contributed by atoms with Gasteiger partial charge in [-0.25, -0.2) is 15.0 Å². The van der Waals surface area contributed by atoms with Crippen molar-refractivity contribution in [2.75, 3.05) is 18.0 Å². The van der Waals surface area contributed by atoms with Gasteiger partial charge >= 0.3 is 12.1 Å². The monoisotopic (exact) mass is 481 g/mol. The van der Waals surface area contributed by atoms with Crippen LogP contribution >= 0.6 is 0 Å². The maximum Gasteiger partial charge on any atom is 0.416 e. The van der Waals surface area contributed by atoms with Crippen LogP contribution in [0.1, 0.15) is 24.8 Å². The smallest absolute Gasteiger partial charge is 0.416 e. The number of benzene rings is 2. The van der Waals surface area contributed by atoms with Crippen LogP contribution in [0.3, 0.4) is 0 Å². The standard InChI is InChI=1S/C25H22F3N5O2/c26-25(27,28)19-5-6-20-21(12-19)32-23(31-20)17-3-1-16(2-4-17)18-13-29-24(30-14-18)33-9-7-15(8-10-33)11-22(34)35/h1-6,12-15H,7-11H2,(H,31,32)(H,34,35). The number of aromatic amines is 1. The zero-order valence-electron chi connectivity index (χ0n) is 18.6. The van der Waals surface area contributed by atoms with E-state index in [1.807, 2.05) is 24.3 Å². The summed E-state index contributed by atoms with van der Waals surface area (Å²) in [5.41, 5.74) is 2.55. The fraction of sp³-hybridized carbons (Fsp3) is 0.280. The summed E-state index contributed by atoms with van der Waals surface area (Å²) in [4.78, 5) is 29.3. The average molecular weight is 481 g/mol. The third-order valence-corrected chi connectivity index (χ3v) is 6.30. The van der Waals surface area contributed by atoms with Crippen molar-refractivity contribution < 1.29 is 23.1 Å². The first kappa shape index (κ1) is 22.8. The lowest BCUT2D eigenvalue weighted by Crippen LogP contribution is -2.35. The zero-order valence-corrected chi connectivity index (χ0v) is 18.6. The van der Waals surface area contributed by atoms with E-state index in [1.165, 1.54) is 6.07 Å². The van der Waals surface area contributed by atoms with Gasteiger partial charge in [-0.1, -0.05) is 24.3 Å². The molecule has 0 atom stereocenters. The third-order valence-electron chi connectivity index (χ3n) is 6.30. The number of piperidine rings is 1. The summed E-state index contributed by atoms with van der Waals surface area (Å²) in [5, 5.41) is 8.96. The van der Waals surface area contributed by atoms with E-state index >= 15 is 0 Å². The van der Waals surface area contributed by atoms with Crippen molar-refractivity contribution in [3.8, 4) is 22.5 Å². The largest absolute Gasteiger partial charge is 0.481 e. The van der Waals surface area contributed by atoms with Crippen LogP contribution < -0.4 is 4.90 Å². The van der Waals surface area contributed by atoms with E-state index in [4.69, 9.17) is 5.11 Å². The number of hydrogen-bond donors (Lipinski definition) is 2. The number of fused-ring (bicyclic) bond motifs is 1. The van der Waals surface area contributed by atoms with Gasteiger partial charge in [0.25, 0.3) is 0 Å². The third kappa shape index (κ3) is 4.96.